The van der Waals surface area contributed by atoms with E-state index in [4.69, 9.17) is 4.74 Å². The van der Waals surface area contributed by atoms with Gasteiger partial charge in [0.1, 0.15) is 0 Å². The van der Waals surface area contributed by atoms with Gasteiger partial charge in [0.25, 0.3) is 0 Å². The molecule has 0 spiro atoms. The fourth-order valence-corrected chi connectivity index (χ4v) is 1.39. The smallest absolute Gasteiger partial charge is 0.338 e. The van der Waals surface area contributed by atoms with Crippen LogP contribution in [0.4, 0.5) is 0 Å². The van der Waals surface area contributed by atoms with Gasteiger partial charge in [0.2, 0.25) is 0 Å². The van der Waals surface area contributed by atoms with Crippen molar-refractivity contribution in [3.05, 3.63) is 34.4 Å². The van der Waals surface area contributed by atoms with Gasteiger partial charge >= 0.3 is 5.97 Å². The van der Waals surface area contributed by atoms with Crippen molar-refractivity contribution in [3.8, 4) is 0 Å². The van der Waals surface area contributed by atoms with Crippen LogP contribution in [0.5, 0.6) is 0 Å². The minimum absolute atomic E-state index is 0.229. The fraction of sp³-hybridized carbons (Fsp3) is 0.417. The number of hydrogen-bond donors (Lipinski definition) is 0. The Morgan fingerprint density at radius 1 is 1.21 bits per heavy atom. The van der Waals surface area contributed by atoms with Crippen LogP contribution >= 0.6 is 0 Å². The molecule has 2 nitrogen and oxygen atoms in total. The van der Waals surface area contributed by atoms with Crippen molar-refractivity contribution >= 4 is 5.97 Å². The molecule has 76 valence electrons. The first kappa shape index (κ1) is 10.8. The molecule has 0 radical (unpaired) electrons. The van der Waals surface area contributed by atoms with Gasteiger partial charge in [-0.2, -0.15) is 0 Å². The number of benzene rings is 1. The van der Waals surface area contributed by atoms with Crippen LogP contribution in [0.1, 0.15) is 34.0 Å². The second-order valence-electron chi connectivity index (χ2n) is 3.40. The van der Waals surface area contributed by atoms with Crippen molar-refractivity contribution < 1.29 is 9.53 Å². The molecule has 0 amide bonds. The second kappa shape index (κ2) is 4.27. The molecule has 0 unspecified atom stereocenters. The highest BCUT2D eigenvalue weighted by molar-refractivity contribution is 5.91. The molecular weight excluding hydrogens is 176 g/mol. The number of carbonyl (C=O) groups excluding carboxylic acids is 1. The molecule has 0 aliphatic heterocycles. The van der Waals surface area contributed by atoms with Gasteiger partial charge < -0.3 is 4.74 Å². The molecule has 0 saturated heterocycles. The molecule has 1 aromatic carbocycles. The third-order valence-corrected chi connectivity index (χ3v) is 2.55. The van der Waals surface area contributed by atoms with E-state index in [0.717, 1.165) is 11.1 Å². The second-order valence-corrected chi connectivity index (χ2v) is 3.40. The molecule has 2 heteroatoms. The van der Waals surface area contributed by atoms with Crippen molar-refractivity contribution in [2.45, 2.75) is 27.7 Å². The van der Waals surface area contributed by atoms with Gasteiger partial charge in [-0.05, 0) is 50.5 Å². The predicted octanol–water partition coefficient (Wildman–Crippen LogP) is 2.79. The Balaban J connectivity index is 3.11. The highest BCUT2D eigenvalue weighted by atomic mass is 16.5. The third kappa shape index (κ3) is 1.95. The summed E-state index contributed by atoms with van der Waals surface area (Å²) in [5.74, 6) is -0.229. The highest BCUT2D eigenvalue weighted by Crippen LogP contribution is 2.17. The maximum Gasteiger partial charge on any atom is 0.338 e. The van der Waals surface area contributed by atoms with Crippen LogP contribution in [0.25, 0.3) is 0 Å². The maximum atomic E-state index is 11.5. The van der Waals surface area contributed by atoms with Crippen LogP contribution in [0, 0.1) is 20.8 Å². The summed E-state index contributed by atoms with van der Waals surface area (Å²) >= 11 is 0. The molecule has 0 heterocycles. The first-order valence-corrected chi connectivity index (χ1v) is 4.81. The summed E-state index contributed by atoms with van der Waals surface area (Å²) in [5.41, 5.74) is 4.06. The average molecular weight is 192 g/mol. The molecule has 0 saturated carbocycles. The van der Waals surface area contributed by atoms with Crippen molar-refractivity contribution in [1.29, 1.82) is 0 Å². The van der Waals surface area contributed by atoms with Crippen LogP contribution in [0.15, 0.2) is 12.1 Å². The third-order valence-electron chi connectivity index (χ3n) is 2.55. The minimum atomic E-state index is -0.229. The lowest BCUT2D eigenvalue weighted by Crippen LogP contribution is -2.08. The monoisotopic (exact) mass is 192 g/mol. The zero-order valence-corrected chi connectivity index (χ0v) is 9.18. The van der Waals surface area contributed by atoms with Gasteiger partial charge in [-0.25, -0.2) is 4.79 Å². The standard InChI is InChI=1S/C12H16O2/c1-5-14-12(13)11-7-6-8(2)9(3)10(11)4/h6-7H,5H2,1-4H3. The van der Waals surface area contributed by atoms with Crippen LogP contribution in [-0.4, -0.2) is 12.6 Å². The Morgan fingerprint density at radius 2 is 1.86 bits per heavy atom. The molecule has 0 bridgehead atoms. The summed E-state index contributed by atoms with van der Waals surface area (Å²) in [4.78, 5) is 11.5. The molecule has 0 atom stereocenters. The molecular formula is C12H16O2. The normalized spacial score (nSPS) is 10.0. The van der Waals surface area contributed by atoms with Gasteiger partial charge in [0, 0.05) is 0 Å². The molecule has 0 fully saturated rings. The van der Waals surface area contributed by atoms with E-state index in [-0.39, 0.29) is 5.97 Å². The van der Waals surface area contributed by atoms with Gasteiger partial charge in [-0.15, -0.1) is 0 Å². The molecule has 0 aliphatic carbocycles. The number of esters is 1. The van der Waals surface area contributed by atoms with Crippen LogP contribution < -0.4 is 0 Å². The summed E-state index contributed by atoms with van der Waals surface area (Å²) in [7, 11) is 0. The number of ether oxygens (including phenoxy) is 1. The van der Waals surface area contributed by atoms with Gasteiger partial charge in [0.05, 0.1) is 12.2 Å². The van der Waals surface area contributed by atoms with Gasteiger partial charge in [-0.3, -0.25) is 0 Å². The minimum Gasteiger partial charge on any atom is -0.462 e. The summed E-state index contributed by atoms with van der Waals surface area (Å²) in [6.45, 7) is 8.25. The van der Waals surface area contributed by atoms with Crippen molar-refractivity contribution in [2.24, 2.45) is 0 Å². The van der Waals surface area contributed by atoms with Crippen molar-refractivity contribution in [2.75, 3.05) is 6.61 Å². The molecule has 14 heavy (non-hydrogen) atoms. The average Bonchev–Trinajstić information content (AvgIpc) is 2.15. The molecule has 0 aliphatic rings. The zero-order valence-electron chi connectivity index (χ0n) is 9.18. The molecule has 0 N–H and O–H groups in total. The number of rotatable bonds is 2. The van der Waals surface area contributed by atoms with E-state index in [1.165, 1.54) is 5.56 Å². The van der Waals surface area contributed by atoms with Crippen LogP contribution in [0.3, 0.4) is 0 Å². The van der Waals surface area contributed by atoms with E-state index in [1.54, 1.807) is 0 Å². The first-order valence-electron chi connectivity index (χ1n) is 4.81. The Kier molecular flexibility index (Phi) is 3.28. The zero-order chi connectivity index (χ0) is 10.7. The first-order chi connectivity index (χ1) is 6.57. The summed E-state index contributed by atoms with van der Waals surface area (Å²) in [6.07, 6.45) is 0. The van der Waals surface area contributed by atoms with Crippen LogP contribution in [-0.2, 0) is 4.74 Å². The Labute approximate surface area is 84.9 Å². The van der Waals surface area contributed by atoms with E-state index in [0.29, 0.717) is 12.2 Å². The van der Waals surface area contributed by atoms with E-state index >= 15 is 0 Å². The lowest BCUT2D eigenvalue weighted by Gasteiger charge is -2.09. The Morgan fingerprint density at radius 3 is 2.43 bits per heavy atom. The highest BCUT2D eigenvalue weighted by Gasteiger charge is 2.11. The Hall–Kier alpha value is -1.31. The molecule has 0 aromatic heterocycles. The lowest BCUT2D eigenvalue weighted by molar-refractivity contribution is 0.0525. The van der Waals surface area contributed by atoms with E-state index in [1.807, 2.05) is 39.8 Å². The molecule has 1 aromatic rings. The van der Waals surface area contributed by atoms with Crippen LogP contribution in [0.2, 0.25) is 0 Å². The summed E-state index contributed by atoms with van der Waals surface area (Å²) < 4.78 is 4.96. The van der Waals surface area contributed by atoms with Crippen molar-refractivity contribution in [3.63, 3.8) is 0 Å². The van der Waals surface area contributed by atoms with E-state index < -0.39 is 0 Å². The Bertz CT molecular complexity index is 354. The van der Waals surface area contributed by atoms with Crippen molar-refractivity contribution in [1.82, 2.24) is 0 Å². The SMILES string of the molecule is CCOC(=O)c1ccc(C)c(C)c1C. The van der Waals surface area contributed by atoms with E-state index in [9.17, 15) is 4.79 Å². The van der Waals surface area contributed by atoms with Gasteiger partial charge in [0.15, 0.2) is 0 Å². The lowest BCUT2D eigenvalue weighted by atomic mass is 9.99. The van der Waals surface area contributed by atoms with Gasteiger partial charge in [-0.1, -0.05) is 6.07 Å². The number of hydrogen-bond acceptors (Lipinski definition) is 2. The number of carbonyl (C=O) groups is 1. The number of aryl methyl sites for hydroxylation is 1. The topological polar surface area (TPSA) is 26.3 Å². The quantitative estimate of drug-likeness (QED) is 0.673. The largest absolute Gasteiger partial charge is 0.462 e. The summed E-state index contributed by atoms with van der Waals surface area (Å²) in [6, 6.07) is 3.78. The maximum absolute atomic E-state index is 11.5. The predicted molar refractivity (Wildman–Crippen MR) is 56.6 cm³/mol. The molecule has 1 rings (SSSR count). The fourth-order valence-electron chi connectivity index (χ4n) is 1.39. The summed E-state index contributed by atoms with van der Waals surface area (Å²) in [5, 5.41) is 0. The van der Waals surface area contributed by atoms with E-state index in [2.05, 4.69) is 0 Å².